The van der Waals surface area contributed by atoms with E-state index in [1.54, 1.807) is 18.3 Å². The van der Waals surface area contributed by atoms with Crippen LogP contribution >= 0.6 is 0 Å². The molecule has 3 atom stereocenters. The van der Waals surface area contributed by atoms with E-state index < -0.39 is 0 Å². The van der Waals surface area contributed by atoms with Crippen molar-refractivity contribution in [2.24, 2.45) is 4.99 Å². The highest BCUT2D eigenvalue weighted by Crippen LogP contribution is 2.32. The first-order valence-electron chi connectivity index (χ1n) is 11.4. The van der Waals surface area contributed by atoms with Crippen LogP contribution in [0.15, 0.2) is 65.9 Å². The van der Waals surface area contributed by atoms with Crippen molar-refractivity contribution in [1.29, 1.82) is 0 Å². The number of aromatic nitrogens is 2. The average molecular weight is 447 g/mol. The molecular formula is C26H30N4O3. The molecule has 1 aliphatic rings. The zero-order valence-corrected chi connectivity index (χ0v) is 19.0. The normalized spacial score (nSPS) is 19.5. The predicted molar refractivity (Wildman–Crippen MR) is 127 cm³/mol. The predicted octanol–water partition coefficient (Wildman–Crippen LogP) is 4.23. The molecule has 7 nitrogen and oxygen atoms in total. The number of nitrogens with zero attached hydrogens (tertiary/aromatic N) is 3. The molecule has 3 aromatic rings. The van der Waals surface area contributed by atoms with Crippen LogP contribution in [0.1, 0.15) is 72.0 Å². The van der Waals surface area contributed by atoms with Crippen molar-refractivity contribution in [2.45, 2.75) is 57.7 Å². The van der Waals surface area contributed by atoms with Crippen LogP contribution in [-0.2, 0) is 0 Å². The maximum Gasteiger partial charge on any atom is 0.296 e. The number of benzene rings is 2. The van der Waals surface area contributed by atoms with Crippen LogP contribution < -0.4 is 10.0 Å². The van der Waals surface area contributed by atoms with Crippen LogP contribution in [0.25, 0.3) is 0 Å². The maximum absolute atomic E-state index is 13.0. The second kappa shape index (κ2) is 9.90. The van der Waals surface area contributed by atoms with Crippen molar-refractivity contribution in [3.05, 3.63) is 88.6 Å². The lowest BCUT2D eigenvalue weighted by atomic mass is 9.90. The molecule has 4 rings (SSSR count). The topological polar surface area (TPSA) is 93.6 Å². The molecule has 1 fully saturated rings. The molecule has 0 bridgehead atoms. The Morgan fingerprint density at radius 2 is 1.88 bits per heavy atom. The van der Waals surface area contributed by atoms with Crippen molar-refractivity contribution < 1.29 is 14.6 Å². The highest BCUT2D eigenvalue weighted by atomic mass is 16.5. The van der Waals surface area contributed by atoms with Crippen LogP contribution in [0.4, 0.5) is 0 Å². The number of aromatic hydroxyl groups is 1. The summed E-state index contributed by atoms with van der Waals surface area (Å²) in [5.41, 5.74) is 2.40. The summed E-state index contributed by atoms with van der Waals surface area (Å²) in [6.07, 6.45) is 7.03. The Morgan fingerprint density at radius 3 is 2.64 bits per heavy atom. The number of hydrogen-bond acceptors (Lipinski definition) is 4. The molecule has 0 radical (unpaired) electrons. The summed E-state index contributed by atoms with van der Waals surface area (Å²) in [6, 6.07) is 16.5. The number of para-hydroxylation sites is 1. The first kappa shape index (κ1) is 22.6. The average Bonchev–Trinajstić information content (AvgIpc) is 3.13. The standard InChI is InChI=1S/C26H30N4O3/c1-18(20-10-4-3-5-11-20)28-26(32)25-19(2)29(17-30(25)33)23-14-8-7-13-22(23)27-16-21-12-6-9-15-24(21)31/h3-6,9-12,15-18,22-23,31H,7-8,13-14H2,1-2H3,(H,28,32)/t18-,22+,23+/m0/s1. The number of amides is 1. The SMILES string of the molecule is Cc1c(C(=O)N[C@@H](C)c2ccccc2)[n+]([O-])cn1[C@@H]1CCCC[C@H]1N=Cc1ccccc1O. The van der Waals surface area contributed by atoms with E-state index >= 15 is 0 Å². The van der Waals surface area contributed by atoms with Crippen LogP contribution in [0.2, 0.25) is 0 Å². The summed E-state index contributed by atoms with van der Waals surface area (Å²) in [6.45, 7) is 3.72. The van der Waals surface area contributed by atoms with E-state index in [4.69, 9.17) is 4.99 Å². The number of aliphatic imine (C=N–C) groups is 1. The van der Waals surface area contributed by atoms with Gasteiger partial charge >= 0.3 is 0 Å². The third-order valence-corrected chi connectivity index (χ3v) is 6.43. The largest absolute Gasteiger partial charge is 0.710 e. The number of imidazole rings is 1. The van der Waals surface area contributed by atoms with Gasteiger partial charge in [-0.05, 0) is 43.9 Å². The van der Waals surface area contributed by atoms with Gasteiger partial charge < -0.3 is 15.6 Å². The van der Waals surface area contributed by atoms with Gasteiger partial charge in [0.05, 0.1) is 12.1 Å². The quantitative estimate of drug-likeness (QED) is 0.337. The van der Waals surface area contributed by atoms with Gasteiger partial charge in [0.15, 0.2) is 5.69 Å². The van der Waals surface area contributed by atoms with E-state index in [-0.39, 0.29) is 35.5 Å². The minimum absolute atomic E-state index is 0.0193. The second-order valence-electron chi connectivity index (χ2n) is 8.64. The van der Waals surface area contributed by atoms with E-state index in [0.29, 0.717) is 16.0 Å². The van der Waals surface area contributed by atoms with Crippen molar-refractivity contribution in [3.63, 3.8) is 0 Å². The molecule has 2 aromatic carbocycles. The maximum atomic E-state index is 13.0. The molecule has 2 N–H and O–H groups in total. The van der Waals surface area contributed by atoms with E-state index in [0.717, 1.165) is 31.2 Å². The van der Waals surface area contributed by atoms with Gasteiger partial charge in [0, 0.05) is 18.7 Å². The molecule has 0 saturated heterocycles. The molecule has 0 aliphatic heterocycles. The van der Waals surface area contributed by atoms with Gasteiger partial charge in [-0.25, -0.2) is 9.30 Å². The number of phenolic OH excluding ortho intramolecular Hbond substituents is 1. The van der Waals surface area contributed by atoms with E-state index in [9.17, 15) is 15.1 Å². The summed E-state index contributed by atoms with van der Waals surface area (Å²) in [5, 5.41) is 25.7. The van der Waals surface area contributed by atoms with Gasteiger partial charge in [-0.1, -0.05) is 48.9 Å². The summed E-state index contributed by atoms with van der Waals surface area (Å²) >= 11 is 0. The Bertz CT molecular complexity index is 1140. The number of carbonyl (C=O) groups excluding carboxylic acids is 1. The highest BCUT2D eigenvalue weighted by molar-refractivity contribution is 5.92. The molecule has 0 spiro atoms. The lowest BCUT2D eigenvalue weighted by Gasteiger charge is -2.26. The zero-order valence-electron chi connectivity index (χ0n) is 19.0. The van der Waals surface area contributed by atoms with Gasteiger partial charge in [0.2, 0.25) is 12.0 Å². The first-order valence-corrected chi connectivity index (χ1v) is 11.4. The Kier molecular flexibility index (Phi) is 6.77. The lowest BCUT2D eigenvalue weighted by molar-refractivity contribution is -0.607. The van der Waals surface area contributed by atoms with Gasteiger partial charge in [0.1, 0.15) is 11.8 Å². The second-order valence-corrected chi connectivity index (χ2v) is 8.64. The molecule has 33 heavy (non-hydrogen) atoms. The first-order chi connectivity index (χ1) is 16.0. The fourth-order valence-corrected chi connectivity index (χ4v) is 4.59. The smallest absolute Gasteiger partial charge is 0.296 e. The monoisotopic (exact) mass is 446 g/mol. The highest BCUT2D eigenvalue weighted by Gasteiger charge is 2.34. The number of carbonyl (C=O) groups is 1. The minimum Gasteiger partial charge on any atom is -0.710 e. The third-order valence-electron chi connectivity index (χ3n) is 6.43. The molecule has 7 heteroatoms. The molecule has 1 aliphatic carbocycles. The zero-order chi connectivity index (χ0) is 23.4. The summed E-state index contributed by atoms with van der Waals surface area (Å²) in [4.78, 5) is 17.8. The Hall–Kier alpha value is -3.61. The molecular weight excluding hydrogens is 416 g/mol. The molecule has 1 saturated carbocycles. The van der Waals surface area contributed by atoms with Crippen molar-refractivity contribution in [3.8, 4) is 5.75 Å². The number of nitrogens with one attached hydrogen (secondary N) is 1. The molecule has 1 heterocycles. The lowest BCUT2D eigenvalue weighted by Crippen LogP contribution is -2.38. The van der Waals surface area contributed by atoms with Gasteiger partial charge in [-0.15, -0.1) is 0 Å². The third kappa shape index (κ3) is 4.92. The molecule has 1 aromatic heterocycles. The van der Waals surface area contributed by atoms with Crippen LogP contribution in [-0.4, -0.2) is 27.8 Å². The van der Waals surface area contributed by atoms with Crippen molar-refractivity contribution in [1.82, 2.24) is 9.88 Å². The van der Waals surface area contributed by atoms with Gasteiger partial charge in [-0.2, -0.15) is 0 Å². The van der Waals surface area contributed by atoms with Crippen molar-refractivity contribution in [2.75, 3.05) is 0 Å². The number of hydrogen-bond donors (Lipinski definition) is 2. The summed E-state index contributed by atoms with van der Waals surface area (Å²) in [7, 11) is 0. The van der Waals surface area contributed by atoms with Gasteiger partial charge in [-0.3, -0.25) is 9.79 Å². The minimum atomic E-state index is -0.386. The Labute approximate surface area is 194 Å². The Morgan fingerprint density at radius 1 is 1.18 bits per heavy atom. The van der Waals surface area contributed by atoms with Crippen LogP contribution in [0, 0.1) is 12.1 Å². The summed E-state index contributed by atoms with van der Waals surface area (Å²) in [5.74, 6) is -0.197. The summed E-state index contributed by atoms with van der Waals surface area (Å²) < 4.78 is 2.57. The van der Waals surface area contributed by atoms with E-state index in [1.165, 1.54) is 6.33 Å². The Balaban J connectivity index is 1.56. The van der Waals surface area contributed by atoms with Crippen molar-refractivity contribution >= 4 is 12.1 Å². The molecule has 1 amide bonds. The fraction of sp³-hybridized carbons (Fsp3) is 0.346. The fourth-order valence-electron chi connectivity index (χ4n) is 4.59. The molecule has 172 valence electrons. The molecule has 0 unspecified atom stereocenters. The van der Waals surface area contributed by atoms with E-state index in [2.05, 4.69) is 5.32 Å². The number of phenols is 1. The van der Waals surface area contributed by atoms with Gasteiger partial charge in [0.25, 0.3) is 5.91 Å². The van der Waals surface area contributed by atoms with Crippen LogP contribution in [0.3, 0.4) is 0 Å². The number of rotatable bonds is 6. The van der Waals surface area contributed by atoms with Crippen LogP contribution in [0.5, 0.6) is 5.75 Å². The van der Waals surface area contributed by atoms with E-state index in [1.807, 2.05) is 60.9 Å².